The van der Waals surface area contributed by atoms with Gasteiger partial charge in [-0.25, -0.2) is 4.79 Å². The van der Waals surface area contributed by atoms with Gasteiger partial charge in [-0.2, -0.15) is 22.0 Å². The molecule has 6 atom stereocenters. The van der Waals surface area contributed by atoms with Crippen LogP contribution in [0.1, 0.15) is 101 Å². The molecule has 0 aromatic heterocycles. The molecular weight excluding hydrogens is 681 g/mol. The fourth-order valence-corrected chi connectivity index (χ4v) is 11.1. The number of Topliss-reactive ketones (excluding diaryl/α,β-unsaturated/α-hetero) is 1. The minimum absolute atomic E-state index is 0.143. The highest BCUT2D eigenvalue weighted by molar-refractivity contribution is 7.84. The fraction of sp³-hybridized carbons (Fsp3) is 0.784. The van der Waals surface area contributed by atoms with Crippen molar-refractivity contribution in [2.75, 3.05) is 44.9 Å². The number of likely N-dealkylation sites (tertiary alicyclic amines) is 1. The number of hydrogen-bond acceptors (Lipinski definition) is 6. The van der Waals surface area contributed by atoms with Crippen molar-refractivity contribution in [1.82, 2.24) is 4.90 Å². The van der Waals surface area contributed by atoms with Crippen LogP contribution >= 0.6 is 0 Å². The second-order valence-corrected chi connectivity index (χ2v) is 17.3. The number of rotatable bonds is 10. The minimum atomic E-state index is -5.61. The maximum Gasteiger partial charge on any atom is 0.453 e. The smallest absolute Gasteiger partial charge is 0.453 e. The minimum Gasteiger partial charge on any atom is -0.493 e. The summed E-state index contributed by atoms with van der Waals surface area (Å²) in [7, 11) is 0.0446. The Bertz CT molecular complexity index is 1440. The summed E-state index contributed by atoms with van der Waals surface area (Å²) in [6.45, 7) is 4.88. The Labute approximate surface area is 293 Å². The normalized spacial score (nSPS) is 30.0. The van der Waals surface area contributed by atoms with Crippen LogP contribution in [0.5, 0.6) is 11.5 Å². The van der Waals surface area contributed by atoms with Gasteiger partial charge < -0.3 is 19.1 Å². The molecule has 6 rings (SSSR count). The fourth-order valence-electron chi connectivity index (χ4n) is 9.91. The number of amides is 1. The summed E-state index contributed by atoms with van der Waals surface area (Å²) in [5.41, 5.74) is 2.06. The zero-order valence-electron chi connectivity index (χ0n) is 29.1. The molecule has 1 unspecified atom stereocenters. The average Bonchev–Trinajstić information content (AvgIpc) is 3.38. The van der Waals surface area contributed by atoms with E-state index in [4.69, 9.17) is 14.2 Å². The molecule has 13 heteroatoms. The first-order valence-electron chi connectivity index (χ1n) is 18.2. The van der Waals surface area contributed by atoms with Gasteiger partial charge in [-0.15, -0.1) is 0 Å². The molecule has 1 amide bonds. The summed E-state index contributed by atoms with van der Waals surface area (Å²) < 4.78 is 94.3. The highest BCUT2D eigenvalue weighted by Gasteiger charge is 2.58. The number of halogens is 5. The monoisotopic (exact) mass is 731 g/mol. The molecule has 50 heavy (non-hydrogen) atoms. The van der Waals surface area contributed by atoms with Crippen LogP contribution in [0, 0.1) is 28.6 Å². The molecule has 1 aromatic rings. The quantitative estimate of drug-likeness (QED) is 0.226. The Morgan fingerprint density at radius 2 is 1.70 bits per heavy atom. The van der Waals surface area contributed by atoms with Crippen molar-refractivity contribution in [1.29, 1.82) is 0 Å². The van der Waals surface area contributed by atoms with Crippen molar-refractivity contribution in [3.8, 4) is 11.5 Å². The van der Waals surface area contributed by atoms with Crippen LogP contribution in [0.3, 0.4) is 0 Å². The molecule has 1 aromatic carbocycles. The molecule has 3 aliphatic carbocycles. The lowest BCUT2D eigenvalue weighted by Gasteiger charge is -2.52. The van der Waals surface area contributed by atoms with Crippen molar-refractivity contribution in [3.05, 3.63) is 23.3 Å². The molecule has 2 aliphatic heterocycles. The molecule has 280 valence electrons. The number of carbonyl (C=O) groups is 2. The highest BCUT2D eigenvalue weighted by Crippen LogP contribution is 2.62. The van der Waals surface area contributed by atoms with Crippen LogP contribution in [-0.4, -0.2) is 78.0 Å². The van der Waals surface area contributed by atoms with Gasteiger partial charge >= 0.3 is 18.2 Å². The van der Waals surface area contributed by atoms with Crippen molar-refractivity contribution < 1.29 is 50.0 Å². The summed E-state index contributed by atoms with van der Waals surface area (Å²) in [5, 5.41) is 0. The summed E-state index contributed by atoms with van der Waals surface area (Å²) in [6, 6.07) is 3.93. The first kappa shape index (κ1) is 37.5. The molecule has 0 radical (unpaired) electrons. The van der Waals surface area contributed by atoms with E-state index in [2.05, 4.69) is 6.92 Å². The highest BCUT2D eigenvalue weighted by atomic mass is 32.2. The molecule has 1 spiro atoms. The Morgan fingerprint density at radius 1 is 1.00 bits per heavy atom. The molecule has 4 fully saturated rings. The van der Waals surface area contributed by atoms with Crippen LogP contribution in [0.25, 0.3) is 0 Å². The standard InChI is InChI=1S/C37H50F5NO6S/c1-34-10-8-26-27-23-29(47-2)30(49-33(45)43-15-11-35(12-16-43)13-17-48-18-14-35)22-25(27)21-24(32(26)28(34)6-7-31(34)44)5-3-19-50(46)20-4-9-36(38,39)37(40,41)42/h22-24,26,28,32H,3-21H2,1-2H3/t24-,26-,28+,32-,34+,50?/m1/s1. The van der Waals surface area contributed by atoms with Crippen LogP contribution in [0.15, 0.2) is 12.1 Å². The summed E-state index contributed by atoms with van der Waals surface area (Å²) in [5.74, 6) is -2.89. The van der Waals surface area contributed by atoms with Crippen molar-refractivity contribution in [3.63, 3.8) is 0 Å². The number of benzene rings is 1. The molecule has 2 saturated heterocycles. The van der Waals surface area contributed by atoms with Crippen molar-refractivity contribution >= 4 is 22.7 Å². The second kappa shape index (κ2) is 14.6. The van der Waals surface area contributed by atoms with E-state index < -0.39 is 41.8 Å². The van der Waals surface area contributed by atoms with Crippen LogP contribution in [0.4, 0.5) is 26.7 Å². The van der Waals surface area contributed by atoms with Crippen molar-refractivity contribution in [2.45, 2.75) is 108 Å². The number of fused-ring (bicyclic) bond motifs is 5. The average molecular weight is 732 g/mol. The SMILES string of the molecule is COc1cc2c(cc1OC(=O)N1CCC3(CCOCC3)CC1)C[C@@H](CCCS(=O)CCCC(F)(F)C(F)(F)F)[C@@H]1[C@@H]2CC[C@]2(C)C(=O)CC[C@@H]12. The van der Waals surface area contributed by atoms with Crippen molar-refractivity contribution in [2.24, 2.45) is 28.6 Å². The van der Waals surface area contributed by atoms with E-state index in [-0.39, 0.29) is 46.0 Å². The molecule has 2 saturated carbocycles. The summed E-state index contributed by atoms with van der Waals surface area (Å²) >= 11 is 0. The van der Waals surface area contributed by atoms with E-state index in [0.717, 1.165) is 69.3 Å². The maximum atomic E-state index is 13.4. The number of piperidine rings is 1. The van der Waals surface area contributed by atoms with Gasteiger partial charge in [-0.05, 0) is 123 Å². The van der Waals surface area contributed by atoms with Gasteiger partial charge in [-0.3, -0.25) is 9.00 Å². The molecule has 2 heterocycles. The van der Waals surface area contributed by atoms with Gasteiger partial charge in [0.15, 0.2) is 11.5 Å². The van der Waals surface area contributed by atoms with E-state index in [1.165, 1.54) is 0 Å². The molecule has 0 bridgehead atoms. The number of carbonyl (C=O) groups excluding carboxylic acids is 2. The summed E-state index contributed by atoms with van der Waals surface area (Å²) in [4.78, 5) is 28.3. The van der Waals surface area contributed by atoms with Gasteiger partial charge in [0.2, 0.25) is 0 Å². The number of methoxy groups -OCH3 is 1. The number of ketones is 1. The Morgan fingerprint density at radius 3 is 2.38 bits per heavy atom. The van der Waals surface area contributed by atoms with Crippen LogP contribution < -0.4 is 9.47 Å². The molecule has 0 N–H and O–H groups in total. The zero-order chi connectivity index (χ0) is 35.9. The predicted molar refractivity (Wildman–Crippen MR) is 178 cm³/mol. The van der Waals surface area contributed by atoms with Crippen LogP contribution in [0.2, 0.25) is 0 Å². The molecular formula is C37H50F5NO6S. The Hall–Kier alpha value is -2.28. The third-order valence-corrected chi connectivity index (χ3v) is 14.4. The maximum absolute atomic E-state index is 13.4. The number of nitrogens with zero attached hydrogens (tertiary/aromatic N) is 1. The van der Waals surface area contributed by atoms with Gasteiger partial charge in [0.1, 0.15) is 5.78 Å². The molecule has 5 aliphatic rings. The predicted octanol–water partition coefficient (Wildman–Crippen LogP) is 8.24. The topological polar surface area (TPSA) is 82.1 Å². The number of hydrogen-bond donors (Lipinski definition) is 0. The van der Waals surface area contributed by atoms with Gasteiger partial charge in [0.05, 0.1) is 7.11 Å². The lowest BCUT2D eigenvalue weighted by Crippen LogP contribution is -2.46. The van der Waals surface area contributed by atoms with E-state index in [1.54, 1.807) is 12.0 Å². The van der Waals surface area contributed by atoms with Crippen LogP contribution in [-0.2, 0) is 26.8 Å². The summed E-state index contributed by atoms with van der Waals surface area (Å²) in [6.07, 6.45) is 0.907. The van der Waals surface area contributed by atoms with E-state index in [9.17, 15) is 35.8 Å². The Balaban J connectivity index is 1.15. The van der Waals surface area contributed by atoms with Gasteiger partial charge in [0, 0.05) is 66.9 Å². The molecule has 7 nitrogen and oxygen atoms in total. The first-order valence-corrected chi connectivity index (χ1v) is 19.7. The van der Waals surface area contributed by atoms with E-state index >= 15 is 0 Å². The lowest BCUT2D eigenvalue weighted by molar-refractivity contribution is -0.284. The van der Waals surface area contributed by atoms with Gasteiger partial charge in [0.25, 0.3) is 0 Å². The number of alkyl halides is 5. The third kappa shape index (κ3) is 7.46. The number of ether oxygens (including phenoxy) is 3. The van der Waals surface area contributed by atoms with E-state index in [0.29, 0.717) is 56.1 Å². The second-order valence-electron chi connectivity index (χ2n) is 15.6. The zero-order valence-corrected chi connectivity index (χ0v) is 29.9. The third-order valence-electron chi connectivity index (χ3n) is 13.0. The lowest BCUT2D eigenvalue weighted by atomic mass is 9.52. The van der Waals surface area contributed by atoms with Gasteiger partial charge in [-0.1, -0.05) is 6.92 Å². The Kier molecular flexibility index (Phi) is 11.0. The first-order chi connectivity index (χ1) is 23.7. The largest absolute Gasteiger partial charge is 0.493 e. The van der Waals surface area contributed by atoms with E-state index in [1.807, 2.05) is 12.1 Å².